The smallest absolute Gasteiger partial charge is 0.227 e. The van der Waals surface area contributed by atoms with E-state index in [0.717, 1.165) is 18.4 Å². The monoisotopic (exact) mass is 255 g/mol. The molecule has 1 heterocycles. The largest absolute Gasteiger partial charge is 0.330 e. The molecule has 0 saturated heterocycles. The van der Waals surface area contributed by atoms with Crippen molar-refractivity contribution in [3.05, 3.63) is 23.0 Å². The molecule has 17 heavy (non-hydrogen) atoms. The van der Waals surface area contributed by atoms with Crippen LogP contribution in [0.1, 0.15) is 25.3 Å². The third-order valence-corrected chi connectivity index (χ3v) is 2.82. The highest BCUT2D eigenvalue weighted by atomic mass is 35.5. The van der Waals surface area contributed by atoms with Crippen molar-refractivity contribution < 1.29 is 4.79 Å². The number of aromatic nitrogens is 1. The Morgan fingerprint density at radius 3 is 3.00 bits per heavy atom. The Hall–Kier alpha value is -1.13. The Labute approximate surface area is 107 Å². The van der Waals surface area contributed by atoms with Gasteiger partial charge >= 0.3 is 0 Å². The van der Waals surface area contributed by atoms with Crippen LogP contribution in [0.4, 0.5) is 5.69 Å². The minimum absolute atomic E-state index is 0.0484. The standard InChI is InChI=1S/C12H18ClN3O/c1-8-6-10(11(13)15-7-8)16-12(17)9(2)4-3-5-14/h6-7,9H,3-5,14H2,1-2H3,(H,16,17). The first-order valence-electron chi connectivity index (χ1n) is 5.67. The summed E-state index contributed by atoms with van der Waals surface area (Å²) in [7, 11) is 0. The number of nitrogens with zero attached hydrogens (tertiary/aromatic N) is 1. The number of hydrogen-bond donors (Lipinski definition) is 2. The molecule has 1 rings (SSSR count). The number of aryl methyl sites for hydroxylation is 1. The zero-order valence-corrected chi connectivity index (χ0v) is 10.9. The molecule has 94 valence electrons. The molecule has 1 amide bonds. The van der Waals surface area contributed by atoms with Gasteiger partial charge in [-0.3, -0.25) is 4.79 Å². The van der Waals surface area contributed by atoms with Gasteiger partial charge in [0, 0.05) is 12.1 Å². The highest BCUT2D eigenvalue weighted by molar-refractivity contribution is 6.32. The Kier molecular flexibility index (Phi) is 5.38. The van der Waals surface area contributed by atoms with Crippen molar-refractivity contribution in [3.63, 3.8) is 0 Å². The highest BCUT2D eigenvalue weighted by Crippen LogP contribution is 2.21. The normalized spacial score (nSPS) is 12.2. The first-order valence-corrected chi connectivity index (χ1v) is 6.05. The molecule has 0 aliphatic rings. The van der Waals surface area contributed by atoms with Gasteiger partial charge < -0.3 is 11.1 Å². The van der Waals surface area contributed by atoms with E-state index in [1.807, 2.05) is 19.9 Å². The lowest BCUT2D eigenvalue weighted by Crippen LogP contribution is -2.21. The molecule has 0 saturated carbocycles. The number of halogens is 1. The molecule has 1 aromatic rings. The fourth-order valence-corrected chi connectivity index (χ4v) is 1.60. The number of carbonyl (C=O) groups excluding carboxylic acids is 1. The van der Waals surface area contributed by atoms with Crippen LogP contribution in [0, 0.1) is 12.8 Å². The molecule has 0 aromatic carbocycles. The highest BCUT2D eigenvalue weighted by Gasteiger charge is 2.14. The second-order valence-corrected chi connectivity index (χ2v) is 4.53. The maximum absolute atomic E-state index is 11.8. The number of carbonyl (C=O) groups is 1. The predicted molar refractivity (Wildman–Crippen MR) is 70.1 cm³/mol. The minimum atomic E-state index is -0.0740. The van der Waals surface area contributed by atoms with Crippen molar-refractivity contribution in [2.24, 2.45) is 11.7 Å². The third kappa shape index (κ3) is 4.32. The molecule has 0 bridgehead atoms. The van der Waals surface area contributed by atoms with Gasteiger partial charge in [-0.15, -0.1) is 0 Å². The lowest BCUT2D eigenvalue weighted by atomic mass is 10.0. The summed E-state index contributed by atoms with van der Waals surface area (Å²) in [6.07, 6.45) is 3.28. The van der Waals surface area contributed by atoms with Gasteiger partial charge in [0.05, 0.1) is 5.69 Å². The number of nitrogens with one attached hydrogen (secondary N) is 1. The van der Waals surface area contributed by atoms with E-state index in [4.69, 9.17) is 17.3 Å². The molecule has 0 aliphatic carbocycles. The van der Waals surface area contributed by atoms with Gasteiger partial charge in [-0.1, -0.05) is 18.5 Å². The molecule has 5 heteroatoms. The quantitative estimate of drug-likeness (QED) is 0.794. The van der Waals surface area contributed by atoms with E-state index in [0.29, 0.717) is 17.4 Å². The van der Waals surface area contributed by atoms with Crippen molar-refractivity contribution in [3.8, 4) is 0 Å². The topological polar surface area (TPSA) is 68.0 Å². The van der Waals surface area contributed by atoms with Gasteiger partial charge in [0.25, 0.3) is 0 Å². The summed E-state index contributed by atoms with van der Waals surface area (Å²) in [5, 5.41) is 3.10. The van der Waals surface area contributed by atoms with E-state index < -0.39 is 0 Å². The van der Waals surface area contributed by atoms with Crippen LogP contribution in [-0.4, -0.2) is 17.4 Å². The fourth-order valence-electron chi connectivity index (χ4n) is 1.45. The molecule has 0 radical (unpaired) electrons. The van der Waals surface area contributed by atoms with Gasteiger partial charge in [-0.05, 0) is 37.9 Å². The second-order valence-electron chi connectivity index (χ2n) is 4.17. The van der Waals surface area contributed by atoms with Crippen LogP contribution in [0.3, 0.4) is 0 Å². The molecular formula is C12H18ClN3O. The number of pyridine rings is 1. The van der Waals surface area contributed by atoms with Crippen molar-refractivity contribution in [1.29, 1.82) is 0 Å². The molecule has 0 spiro atoms. The predicted octanol–water partition coefficient (Wildman–Crippen LogP) is 2.36. The molecule has 1 unspecified atom stereocenters. The van der Waals surface area contributed by atoms with Crippen LogP contribution < -0.4 is 11.1 Å². The summed E-state index contributed by atoms with van der Waals surface area (Å²) in [6, 6.07) is 1.81. The van der Waals surface area contributed by atoms with Crippen LogP contribution in [-0.2, 0) is 4.79 Å². The van der Waals surface area contributed by atoms with E-state index >= 15 is 0 Å². The molecule has 1 aromatic heterocycles. The summed E-state index contributed by atoms with van der Waals surface area (Å²) in [5.41, 5.74) is 6.93. The van der Waals surface area contributed by atoms with Gasteiger partial charge in [0.15, 0.2) is 5.15 Å². The van der Waals surface area contributed by atoms with Crippen LogP contribution >= 0.6 is 11.6 Å². The Bertz CT molecular complexity index is 395. The van der Waals surface area contributed by atoms with Crippen LogP contribution in [0.2, 0.25) is 5.15 Å². The van der Waals surface area contributed by atoms with E-state index in [2.05, 4.69) is 10.3 Å². The molecule has 4 nitrogen and oxygen atoms in total. The first-order chi connectivity index (χ1) is 8.04. The summed E-state index contributed by atoms with van der Waals surface area (Å²) < 4.78 is 0. The summed E-state index contributed by atoms with van der Waals surface area (Å²) in [4.78, 5) is 15.8. The maximum atomic E-state index is 11.8. The lowest BCUT2D eigenvalue weighted by Gasteiger charge is -2.12. The van der Waals surface area contributed by atoms with E-state index in [9.17, 15) is 4.79 Å². The van der Waals surface area contributed by atoms with Crippen molar-refractivity contribution in [1.82, 2.24) is 4.98 Å². The zero-order chi connectivity index (χ0) is 12.8. The summed E-state index contributed by atoms with van der Waals surface area (Å²) in [5.74, 6) is -0.122. The Morgan fingerprint density at radius 1 is 1.65 bits per heavy atom. The first kappa shape index (κ1) is 13.9. The molecule has 1 atom stereocenters. The van der Waals surface area contributed by atoms with Crippen molar-refractivity contribution in [2.45, 2.75) is 26.7 Å². The number of hydrogen-bond acceptors (Lipinski definition) is 3. The van der Waals surface area contributed by atoms with Crippen LogP contribution in [0.25, 0.3) is 0 Å². The molecule has 0 fully saturated rings. The lowest BCUT2D eigenvalue weighted by molar-refractivity contribution is -0.119. The number of anilines is 1. The summed E-state index contributed by atoms with van der Waals surface area (Å²) >= 11 is 5.90. The van der Waals surface area contributed by atoms with Gasteiger partial charge in [0.2, 0.25) is 5.91 Å². The van der Waals surface area contributed by atoms with Gasteiger partial charge in [-0.2, -0.15) is 0 Å². The average Bonchev–Trinajstić information content (AvgIpc) is 2.30. The average molecular weight is 256 g/mol. The van der Waals surface area contributed by atoms with E-state index in [-0.39, 0.29) is 11.8 Å². The maximum Gasteiger partial charge on any atom is 0.227 e. The van der Waals surface area contributed by atoms with Crippen molar-refractivity contribution in [2.75, 3.05) is 11.9 Å². The molecular weight excluding hydrogens is 238 g/mol. The Balaban J connectivity index is 2.64. The third-order valence-electron chi connectivity index (χ3n) is 2.52. The SMILES string of the molecule is Cc1cnc(Cl)c(NC(=O)C(C)CCCN)c1. The Morgan fingerprint density at radius 2 is 2.35 bits per heavy atom. The van der Waals surface area contributed by atoms with Crippen LogP contribution in [0.5, 0.6) is 0 Å². The molecule has 3 N–H and O–H groups in total. The number of nitrogens with two attached hydrogens (primary N) is 1. The zero-order valence-electron chi connectivity index (χ0n) is 10.2. The fraction of sp³-hybridized carbons (Fsp3) is 0.500. The van der Waals surface area contributed by atoms with Gasteiger partial charge in [-0.25, -0.2) is 4.98 Å². The second kappa shape index (κ2) is 6.57. The number of rotatable bonds is 5. The van der Waals surface area contributed by atoms with Gasteiger partial charge in [0.1, 0.15) is 0 Å². The van der Waals surface area contributed by atoms with E-state index in [1.165, 1.54) is 0 Å². The van der Waals surface area contributed by atoms with E-state index in [1.54, 1.807) is 6.20 Å². The summed E-state index contributed by atoms with van der Waals surface area (Å²) in [6.45, 7) is 4.38. The van der Waals surface area contributed by atoms with Crippen molar-refractivity contribution >= 4 is 23.2 Å². The number of amides is 1. The minimum Gasteiger partial charge on any atom is -0.330 e. The van der Waals surface area contributed by atoms with Crippen LogP contribution in [0.15, 0.2) is 12.3 Å². The molecule has 0 aliphatic heterocycles.